The van der Waals surface area contributed by atoms with Crippen LogP contribution in [0.1, 0.15) is 29.4 Å². The van der Waals surface area contributed by atoms with Crippen molar-refractivity contribution in [1.82, 2.24) is 9.78 Å². The maximum absolute atomic E-state index is 12.6. The third kappa shape index (κ3) is 3.35. The fourth-order valence-electron chi connectivity index (χ4n) is 2.56. The van der Waals surface area contributed by atoms with Gasteiger partial charge in [-0.05, 0) is 37.5 Å². The molecule has 3 rings (SSSR count). The van der Waals surface area contributed by atoms with Crippen molar-refractivity contribution < 1.29 is 9.90 Å². The van der Waals surface area contributed by atoms with E-state index in [1.54, 1.807) is 25.1 Å². The molecule has 0 bridgehead atoms. The number of hydrogen-bond acceptors (Lipinski definition) is 4. The monoisotopic (exact) mass is 338 g/mol. The number of allylic oxidation sites excluding steroid dienone is 4. The number of benzene rings is 1. The molecule has 1 aromatic heterocycles. The van der Waals surface area contributed by atoms with Crippen LogP contribution in [0.3, 0.4) is 0 Å². The predicted octanol–water partition coefficient (Wildman–Crippen LogP) is 4.04. The van der Waals surface area contributed by atoms with Crippen LogP contribution in [0, 0.1) is 12.8 Å². The van der Waals surface area contributed by atoms with Gasteiger partial charge >= 0.3 is 5.97 Å². The van der Waals surface area contributed by atoms with Crippen molar-refractivity contribution in [3.63, 3.8) is 0 Å². The molecule has 0 saturated heterocycles. The molecule has 2 aromatic rings. The lowest BCUT2D eigenvalue weighted by Gasteiger charge is -2.11. The van der Waals surface area contributed by atoms with Crippen molar-refractivity contribution in [3.8, 4) is 0 Å². The van der Waals surface area contributed by atoms with E-state index in [0.717, 1.165) is 12.1 Å². The lowest BCUT2D eigenvalue weighted by Crippen LogP contribution is -2.16. The Labute approximate surface area is 144 Å². The van der Waals surface area contributed by atoms with Crippen LogP contribution in [-0.4, -0.2) is 20.9 Å². The Kier molecular flexibility index (Phi) is 4.47. The van der Waals surface area contributed by atoms with Crippen molar-refractivity contribution in [3.05, 3.63) is 64.1 Å². The third-order valence-corrected chi connectivity index (χ3v) is 3.99. The third-order valence-electron chi connectivity index (χ3n) is 3.99. The summed E-state index contributed by atoms with van der Waals surface area (Å²) < 4.78 is 1.43. The first-order valence-electron chi connectivity index (χ1n) is 7.92. The molecule has 7 heteroatoms. The van der Waals surface area contributed by atoms with Gasteiger partial charge in [0, 0.05) is 0 Å². The summed E-state index contributed by atoms with van der Waals surface area (Å²) in [6.07, 6.45) is 6.79. The average molecular weight is 338 g/mol. The highest BCUT2D eigenvalue weighted by Crippen LogP contribution is 2.23. The molecule has 1 aliphatic rings. The highest BCUT2D eigenvalue weighted by atomic mass is 16.4. The number of carbonyl (C=O) groups is 1. The summed E-state index contributed by atoms with van der Waals surface area (Å²) in [5.41, 5.74) is 1.40. The Morgan fingerprint density at radius 3 is 2.76 bits per heavy atom. The zero-order chi connectivity index (χ0) is 18.0. The van der Waals surface area contributed by atoms with Gasteiger partial charge < -0.3 is 5.11 Å². The SMILES string of the molecule is Cc1[nH]n(C2=CCC(C)C=C2)c(=O)c1N=Nc1ccccc1C(=O)O. The van der Waals surface area contributed by atoms with Crippen LogP contribution in [-0.2, 0) is 0 Å². The minimum atomic E-state index is -1.09. The molecular weight excluding hydrogens is 320 g/mol. The van der Waals surface area contributed by atoms with Crippen molar-refractivity contribution in [1.29, 1.82) is 0 Å². The summed E-state index contributed by atoms with van der Waals surface area (Å²) >= 11 is 0. The molecule has 7 nitrogen and oxygen atoms in total. The summed E-state index contributed by atoms with van der Waals surface area (Å²) in [6, 6.07) is 6.26. The van der Waals surface area contributed by atoms with Crippen LogP contribution in [0.15, 0.2) is 57.5 Å². The molecule has 0 aliphatic heterocycles. The van der Waals surface area contributed by atoms with E-state index in [9.17, 15) is 14.7 Å². The second-order valence-corrected chi connectivity index (χ2v) is 5.95. The maximum atomic E-state index is 12.6. The number of rotatable bonds is 4. The smallest absolute Gasteiger partial charge is 0.337 e. The topological polar surface area (TPSA) is 99.8 Å². The van der Waals surface area contributed by atoms with Gasteiger partial charge in [-0.1, -0.05) is 31.2 Å². The fourth-order valence-corrected chi connectivity index (χ4v) is 2.56. The molecule has 0 radical (unpaired) electrons. The summed E-state index contributed by atoms with van der Waals surface area (Å²) in [5.74, 6) is -0.647. The summed E-state index contributed by atoms with van der Waals surface area (Å²) in [7, 11) is 0. The van der Waals surface area contributed by atoms with Gasteiger partial charge in [0.1, 0.15) is 5.69 Å². The molecule has 1 aliphatic carbocycles. The Bertz CT molecular complexity index is 963. The molecule has 2 N–H and O–H groups in total. The average Bonchev–Trinajstić information content (AvgIpc) is 2.88. The second-order valence-electron chi connectivity index (χ2n) is 5.95. The molecule has 128 valence electrons. The highest BCUT2D eigenvalue weighted by molar-refractivity contribution is 5.93. The molecule has 1 atom stereocenters. The first-order chi connectivity index (χ1) is 12.0. The number of aromatic nitrogens is 2. The lowest BCUT2D eigenvalue weighted by molar-refractivity contribution is 0.0697. The number of aromatic carboxylic acids is 1. The van der Waals surface area contributed by atoms with E-state index in [2.05, 4.69) is 22.3 Å². The van der Waals surface area contributed by atoms with Gasteiger partial charge in [-0.25, -0.2) is 9.48 Å². The number of carboxylic acids is 1. The summed E-state index contributed by atoms with van der Waals surface area (Å²) in [5, 5.41) is 20.1. The molecule has 1 heterocycles. The van der Waals surface area contributed by atoms with E-state index >= 15 is 0 Å². The number of nitrogens with one attached hydrogen (secondary N) is 1. The van der Waals surface area contributed by atoms with Crippen LogP contribution in [0.5, 0.6) is 0 Å². The number of nitrogens with zero attached hydrogens (tertiary/aromatic N) is 3. The molecule has 1 aromatic carbocycles. The van der Waals surface area contributed by atoms with Crippen molar-refractivity contribution in [2.75, 3.05) is 0 Å². The number of aromatic amines is 1. The van der Waals surface area contributed by atoms with E-state index in [1.165, 1.54) is 10.7 Å². The Hall–Kier alpha value is -3.22. The molecule has 0 saturated carbocycles. The number of azo groups is 1. The minimum Gasteiger partial charge on any atom is -0.478 e. The Balaban J connectivity index is 1.96. The maximum Gasteiger partial charge on any atom is 0.337 e. The van der Waals surface area contributed by atoms with E-state index in [1.807, 2.05) is 18.2 Å². The van der Waals surface area contributed by atoms with E-state index in [-0.39, 0.29) is 22.5 Å². The van der Waals surface area contributed by atoms with E-state index in [4.69, 9.17) is 0 Å². The van der Waals surface area contributed by atoms with Gasteiger partial charge in [-0.2, -0.15) is 0 Å². The van der Waals surface area contributed by atoms with Gasteiger partial charge in [0.15, 0.2) is 5.69 Å². The molecular formula is C18H18N4O3. The molecule has 25 heavy (non-hydrogen) atoms. The lowest BCUT2D eigenvalue weighted by atomic mass is 10.0. The van der Waals surface area contributed by atoms with E-state index < -0.39 is 5.97 Å². The normalized spacial score (nSPS) is 17.0. The summed E-state index contributed by atoms with van der Waals surface area (Å²) in [6.45, 7) is 3.83. The number of H-pyrrole nitrogens is 1. The van der Waals surface area contributed by atoms with Crippen molar-refractivity contribution >= 4 is 23.0 Å². The standard InChI is InChI=1S/C18H18N4O3/c1-11-7-9-13(10-8-11)22-17(23)16(12(2)21-22)20-19-15-6-4-3-5-14(15)18(24)25/h3-7,9-11,21H,8H2,1-2H3,(H,24,25). The van der Waals surface area contributed by atoms with Crippen LogP contribution in [0.25, 0.3) is 5.70 Å². The molecule has 0 spiro atoms. The van der Waals surface area contributed by atoms with Crippen molar-refractivity contribution in [2.45, 2.75) is 20.3 Å². The summed E-state index contributed by atoms with van der Waals surface area (Å²) in [4.78, 5) is 23.8. The van der Waals surface area contributed by atoms with Gasteiger partial charge in [0.05, 0.1) is 17.0 Å². The number of aryl methyl sites for hydroxylation is 1. The zero-order valence-electron chi connectivity index (χ0n) is 13.9. The Morgan fingerprint density at radius 2 is 2.08 bits per heavy atom. The van der Waals surface area contributed by atoms with Crippen LogP contribution < -0.4 is 5.56 Å². The number of carboxylic acid groups (broad SMARTS) is 1. The molecule has 0 fully saturated rings. The van der Waals surface area contributed by atoms with Crippen LogP contribution in [0.2, 0.25) is 0 Å². The van der Waals surface area contributed by atoms with Gasteiger partial charge in [0.25, 0.3) is 5.56 Å². The van der Waals surface area contributed by atoms with Gasteiger partial charge in [-0.3, -0.25) is 9.89 Å². The first kappa shape index (κ1) is 16.6. The van der Waals surface area contributed by atoms with Gasteiger partial charge in [-0.15, -0.1) is 10.2 Å². The quantitative estimate of drug-likeness (QED) is 0.823. The second kappa shape index (κ2) is 6.72. The number of hydrogen-bond donors (Lipinski definition) is 2. The fraction of sp³-hybridized carbons (Fsp3) is 0.222. The zero-order valence-corrected chi connectivity index (χ0v) is 13.9. The van der Waals surface area contributed by atoms with Gasteiger partial charge in [0.2, 0.25) is 0 Å². The predicted molar refractivity (Wildman–Crippen MR) is 94.6 cm³/mol. The Morgan fingerprint density at radius 1 is 1.32 bits per heavy atom. The first-order valence-corrected chi connectivity index (χ1v) is 7.92. The molecule has 0 amide bonds. The molecule has 1 unspecified atom stereocenters. The van der Waals surface area contributed by atoms with E-state index in [0.29, 0.717) is 11.6 Å². The highest BCUT2D eigenvalue weighted by Gasteiger charge is 2.15. The van der Waals surface area contributed by atoms with Crippen molar-refractivity contribution in [2.24, 2.45) is 16.1 Å². The van der Waals surface area contributed by atoms with Crippen LogP contribution >= 0.6 is 0 Å². The largest absolute Gasteiger partial charge is 0.478 e. The van der Waals surface area contributed by atoms with Crippen LogP contribution in [0.4, 0.5) is 11.4 Å². The minimum absolute atomic E-state index is 0.0340.